The largest absolute Gasteiger partial charge is 0.494 e. The quantitative estimate of drug-likeness (QED) is 0.550. The highest BCUT2D eigenvalue weighted by Gasteiger charge is 2.19. The Morgan fingerprint density at radius 1 is 0.913 bits per heavy atom. The van der Waals surface area contributed by atoms with E-state index >= 15 is 0 Å². The Morgan fingerprint density at radius 2 is 1.61 bits per heavy atom. The summed E-state index contributed by atoms with van der Waals surface area (Å²) in [6.45, 7) is 7.08. The van der Waals surface area contributed by atoms with Gasteiger partial charge in [0.25, 0.3) is 0 Å². The molecule has 0 aromatic heterocycles. The SMILES string of the molecule is CCCCCCOc1ccc(C(C)CC(O)C(O)CCC)cc1. The van der Waals surface area contributed by atoms with Crippen LogP contribution in [-0.2, 0) is 0 Å². The van der Waals surface area contributed by atoms with Crippen LogP contribution in [0.15, 0.2) is 24.3 Å². The maximum atomic E-state index is 10.0. The third-order valence-corrected chi connectivity index (χ3v) is 4.34. The number of hydrogen-bond acceptors (Lipinski definition) is 3. The van der Waals surface area contributed by atoms with Crippen LogP contribution in [0.4, 0.5) is 0 Å². The Balaban J connectivity index is 2.39. The topological polar surface area (TPSA) is 49.7 Å². The van der Waals surface area contributed by atoms with E-state index in [1.54, 1.807) is 0 Å². The Kier molecular flexibility index (Phi) is 9.97. The minimum atomic E-state index is -0.653. The molecule has 23 heavy (non-hydrogen) atoms. The summed E-state index contributed by atoms with van der Waals surface area (Å²) in [5.74, 6) is 1.12. The molecule has 1 aromatic carbocycles. The predicted octanol–water partition coefficient (Wildman–Crippen LogP) is 4.66. The van der Waals surface area contributed by atoms with Gasteiger partial charge in [-0.1, -0.05) is 58.6 Å². The van der Waals surface area contributed by atoms with E-state index in [0.29, 0.717) is 12.8 Å². The van der Waals surface area contributed by atoms with Crippen molar-refractivity contribution < 1.29 is 14.9 Å². The molecule has 0 saturated heterocycles. The van der Waals surface area contributed by atoms with Crippen molar-refractivity contribution in [1.82, 2.24) is 0 Å². The maximum Gasteiger partial charge on any atom is 0.119 e. The molecule has 0 fully saturated rings. The van der Waals surface area contributed by atoms with Crippen molar-refractivity contribution in [3.63, 3.8) is 0 Å². The van der Waals surface area contributed by atoms with Gasteiger partial charge in [-0.05, 0) is 42.9 Å². The number of hydrogen-bond donors (Lipinski definition) is 2. The second-order valence-corrected chi connectivity index (χ2v) is 6.54. The number of benzene rings is 1. The summed E-state index contributed by atoms with van der Waals surface area (Å²) in [7, 11) is 0. The number of aliphatic hydroxyl groups excluding tert-OH is 2. The molecule has 0 aliphatic heterocycles. The molecule has 0 heterocycles. The van der Waals surface area contributed by atoms with Gasteiger partial charge in [0.15, 0.2) is 0 Å². The first-order chi connectivity index (χ1) is 11.1. The molecule has 3 nitrogen and oxygen atoms in total. The molecule has 1 aromatic rings. The summed E-state index contributed by atoms with van der Waals surface area (Å²) in [6, 6.07) is 8.12. The normalized spacial score (nSPS) is 15.2. The first-order valence-electron chi connectivity index (χ1n) is 9.17. The van der Waals surface area contributed by atoms with E-state index in [-0.39, 0.29) is 5.92 Å². The monoisotopic (exact) mass is 322 g/mol. The van der Waals surface area contributed by atoms with Crippen molar-refractivity contribution in [3.8, 4) is 5.75 Å². The lowest BCUT2D eigenvalue weighted by Gasteiger charge is -2.21. The Hall–Kier alpha value is -1.06. The van der Waals surface area contributed by atoms with Crippen molar-refractivity contribution in [2.45, 2.75) is 83.8 Å². The van der Waals surface area contributed by atoms with Crippen LogP contribution < -0.4 is 4.74 Å². The van der Waals surface area contributed by atoms with Crippen LogP contribution in [0.5, 0.6) is 5.75 Å². The minimum Gasteiger partial charge on any atom is -0.494 e. The molecule has 3 heteroatoms. The highest BCUT2D eigenvalue weighted by molar-refractivity contribution is 5.29. The molecule has 0 aliphatic rings. The van der Waals surface area contributed by atoms with E-state index < -0.39 is 12.2 Å². The van der Waals surface area contributed by atoms with Gasteiger partial charge in [0, 0.05) is 0 Å². The zero-order chi connectivity index (χ0) is 17.1. The van der Waals surface area contributed by atoms with Crippen LogP contribution in [0.25, 0.3) is 0 Å². The van der Waals surface area contributed by atoms with Crippen LogP contribution in [0.2, 0.25) is 0 Å². The molecule has 0 amide bonds. The van der Waals surface area contributed by atoms with Gasteiger partial charge >= 0.3 is 0 Å². The molecule has 0 aliphatic carbocycles. The molecule has 3 unspecified atom stereocenters. The highest BCUT2D eigenvalue weighted by atomic mass is 16.5. The second kappa shape index (κ2) is 11.5. The Labute approximate surface area is 141 Å². The zero-order valence-corrected chi connectivity index (χ0v) is 15.0. The van der Waals surface area contributed by atoms with E-state index in [4.69, 9.17) is 4.74 Å². The smallest absolute Gasteiger partial charge is 0.119 e. The molecule has 0 spiro atoms. The highest BCUT2D eigenvalue weighted by Crippen LogP contribution is 2.25. The Bertz CT molecular complexity index is 402. The standard InChI is InChI=1S/C20H34O3/c1-4-6-7-8-14-23-18-12-10-17(11-13-18)16(3)15-20(22)19(21)9-5-2/h10-13,16,19-22H,4-9,14-15H2,1-3H3. The maximum absolute atomic E-state index is 10.0. The third kappa shape index (κ3) is 7.85. The van der Waals surface area contributed by atoms with Crippen LogP contribution in [0.1, 0.15) is 77.2 Å². The van der Waals surface area contributed by atoms with E-state index in [1.165, 1.54) is 24.8 Å². The zero-order valence-electron chi connectivity index (χ0n) is 15.0. The third-order valence-electron chi connectivity index (χ3n) is 4.34. The van der Waals surface area contributed by atoms with Gasteiger partial charge in [0.05, 0.1) is 18.8 Å². The summed E-state index contributed by atoms with van der Waals surface area (Å²) < 4.78 is 5.75. The van der Waals surface area contributed by atoms with E-state index in [1.807, 2.05) is 19.1 Å². The van der Waals surface area contributed by atoms with Crippen LogP contribution in [0, 0.1) is 0 Å². The summed E-state index contributed by atoms with van der Waals surface area (Å²) in [4.78, 5) is 0. The first kappa shape index (κ1) is 20.0. The predicted molar refractivity (Wildman–Crippen MR) is 96.0 cm³/mol. The van der Waals surface area contributed by atoms with Crippen LogP contribution >= 0.6 is 0 Å². The van der Waals surface area contributed by atoms with E-state index in [0.717, 1.165) is 25.2 Å². The molecule has 1 rings (SSSR count). The summed E-state index contributed by atoms with van der Waals surface area (Å²) >= 11 is 0. The van der Waals surface area contributed by atoms with Crippen molar-refractivity contribution in [1.29, 1.82) is 0 Å². The minimum absolute atomic E-state index is 0.218. The summed E-state index contributed by atoms with van der Waals surface area (Å²) in [6.07, 6.45) is 5.69. The Morgan fingerprint density at radius 3 is 2.22 bits per heavy atom. The van der Waals surface area contributed by atoms with Gasteiger partial charge in [0.2, 0.25) is 0 Å². The van der Waals surface area contributed by atoms with Gasteiger partial charge in [-0.3, -0.25) is 0 Å². The number of aliphatic hydroxyl groups is 2. The summed E-state index contributed by atoms with van der Waals surface area (Å²) in [5.41, 5.74) is 1.17. The molecule has 0 saturated carbocycles. The van der Waals surface area contributed by atoms with Crippen molar-refractivity contribution >= 4 is 0 Å². The second-order valence-electron chi connectivity index (χ2n) is 6.54. The first-order valence-corrected chi connectivity index (χ1v) is 9.17. The number of unbranched alkanes of at least 4 members (excludes halogenated alkanes) is 3. The van der Waals surface area contributed by atoms with Gasteiger partial charge < -0.3 is 14.9 Å². The molecule has 2 N–H and O–H groups in total. The molecule has 132 valence electrons. The fraction of sp³-hybridized carbons (Fsp3) is 0.700. The lowest BCUT2D eigenvalue weighted by atomic mass is 9.92. The molecule has 3 atom stereocenters. The fourth-order valence-corrected chi connectivity index (χ4v) is 2.76. The fourth-order valence-electron chi connectivity index (χ4n) is 2.76. The molecule has 0 bridgehead atoms. The summed E-state index contributed by atoms with van der Waals surface area (Å²) in [5, 5.41) is 19.9. The lowest BCUT2D eigenvalue weighted by molar-refractivity contribution is 0.00637. The van der Waals surface area contributed by atoms with Crippen molar-refractivity contribution in [2.75, 3.05) is 6.61 Å². The van der Waals surface area contributed by atoms with Gasteiger partial charge in [-0.25, -0.2) is 0 Å². The van der Waals surface area contributed by atoms with Crippen molar-refractivity contribution in [3.05, 3.63) is 29.8 Å². The molecular weight excluding hydrogens is 288 g/mol. The molecular formula is C20H34O3. The van der Waals surface area contributed by atoms with Crippen molar-refractivity contribution in [2.24, 2.45) is 0 Å². The van der Waals surface area contributed by atoms with E-state index in [9.17, 15) is 10.2 Å². The average molecular weight is 322 g/mol. The average Bonchev–Trinajstić information content (AvgIpc) is 2.55. The lowest BCUT2D eigenvalue weighted by Crippen LogP contribution is -2.27. The van der Waals surface area contributed by atoms with Gasteiger partial charge in [0.1, 0.15) is 5.75 Å². The number of rotatable bonds is 12. The van der Waals surface area contributed by atoms with E-state index in [2.05, 4.69) is 26.0 Å². The van der Waals surface area contributed by atoms with Gasteiger partial charge in [-0.2, -0.15) is 0 Å². The van der Waals surface area contributed by atoms with Crippen LogP contribution in [-0.4, -0.2) is 29.0 Å². The van der Waals surface area contributed by atoms with Gasteiger partial charge in [-0.15, -0.1) is 0 Å². The van der Waals surface area contributed by atoms with Crippen LogP contribution in [0.3, 0.4) is 0 Å². The number of ether oxygens (including phenoxy) is 1. The molecule has 0 radical (unpaired) electrons.